The lowest BCUT2D eigenvalue weighted by Crippen LogP contribution is -2.35. The maximum Gasteiger partial charge on any atom is 0.268 e. The van der Waals surface area contributed by atoms with Gasteiger partial charge in [0.1, 0.15) is 0 Å². The van der Waals surface area contributed by atoms with Crippen molar-refractivity contribution >= 4 is 32.3 Å². The third kappa shape index (κ3) is 3.91. The number of hydrogen-bond acceptors (Lipinski definition) is 6. The summed E-state index contributed by atoms with van der Waals surface area (Å²) in [6.45, 7) is 1.73. The Hall–Kier alpha value is -3.53. The summed E-state index contributed by atoms with van der Waals surface area (Å²) in [5.74, 6) is 0.617. The third-order valence-corrected chi connectivity index (χ3v) is 8.92. The van der Waals surface area contributed by atoms with Crippen molar-refractivity contribution in [2.45, 2.75) is 24.4 Å². The third-order valence-electron chi connectivity index (χ3n) is 6.36. The van der Waals surface area contributed by atoms with Crippen LogP contribution in [0.1, 0.15) is 16.8 Å². The van der Waals surface area contributed by atoms with E-state index in [1.807, 2.05) is 41.8 Å². The topological polar surface area (TPSA) is 88.1 Å². The van der Waals surface area contributed by atoms with Crippen molar-refractivity contribution in [1.82, 2.24) is 18.8 Å². The minimum atomic E-state index is -3.73. The van der Waals surface area contributed by atoms with Gasteiger partial charge in [0.25, 0.3) is 15.6 Å². The quantitative estimate of drug-likeness (QED) is 0.388. The molecule has 2 aromatic carbocycles. The van der Waals surface area contributed by atoms with Gasteiger partial charge in [0.2, 0.25) is 0 Å². The molecule has 1 N–H and O–H groups in total. The lowest BCUT2D eigenvalue weighted by atomic mass is 10.1. The number of rotatable bonds is 5. The SMILES string of the molecule is O=c1[nH]c(-c2cccs2)nc2c1CN(Cc1cn(S(=O)(=O)c3ccccc3)c3ccccc13)CC2. The molecule has 1 aliphatic heterocycles. The van der Waals surface area contributed by atoms with Crippen molar-refractivity contribution in [3.63, 3.8) is 0 Å². The van der Waals surface area contributed by atoms with Gasteiger partial charge in [0, 0.05) is 37.6 Å². The molecule has 5 aromatic rings. The van der Waals surface area contributed by atoms with Crippen LogP contribution in [0, 0.1) is 0 Å². The van der Waals surface area contributed by atoms with Crippen LogP contribution < -0.4 is 5.56 Å². The van der Waals surface area contributed by atoms with Gasteiger partial charge in [-0.15, -0.1) is 11.3 Å². The van der Waals surface area contributed by atoms with E-state index in [1.165, 1.54) is 3.97 Å². The highest BCUT2D eigenvalue weighted by atomic mass is 32.2. The normalized spacial score (nSPS) is 14.3. The van der Waals surface area contributed by atoms with Crippen LogP contribution in [-0.2, 0) is 29.5 Å². The summed E-state index contributed by atoms with van der Waals surface area (Å²) < 4.78 is 28.1. The van der Waals surface area contributed by atoms with Gasteiger partial charge >= 0.3 is 0 Å². The van der Waals surface area contributed by atoms with Crippen LogP contribution >= 0.6 is 11.3 Å². The Kier molecular flexibility index (Phi) is 5.40. The molecule has 35 heavy (non-hydrogen) atoms. The molecule has 0 unspecified atom stereocenters. The monoisotopic (exact) mass is 502 g/mol. The number of aromatic nitrogens is 3. The van der Waals surface area contributed by atoms with Gasteiger partial charge in [-0.05, 0) is 35.2 Å². The Morgan fingerprint density at radius 3 is 2.60 bits per heavy atom. The number of benzene rings is 2. The second-order valence-electron chi connectivity index (χ2n) is 8.56. The zero-order valence-corrected chi connectivity index (χ0v) is 20.3. The summed E-state index contributed by atoms with van der Waals surface area (Å²) in [6, 6.07) is 19.9. The van der Waals surface area contributed by atoms with E-state index in [2.05, 4.69) is 9.88 Å². The molecule has 0 fully saturated rings. The average molecular weight is 503 g/mol. The highest BCUT2D eigenvalue weighted by Gasteiger charge is 2.25. The Balaban J connectivity index is 1.33. The van der Waals surface area contributed by atoms with Crippen LogP contribution in [0.5, 0.6) is 0 Å². The van der Waals surface area contributed by atoms with E-state index in [4.69, 9.17) is 4.98 Å². The van der Waals surface area contributed by atoms with Gasteiger partial charge in [-0.25, -0.2) is 17.4 Å². The molecule has 176 valence electrons. The fourth-order valence-corrected chi connectivity index (χ4v) is 6.72. The van der Waals surface area contributed by atoms with Crippen molar-refractivity contribution in [3.05, 3.63) is 105 Å². The predicted octanol–water partition coefficient (Wildman–Crippen LogP) is 4.25. The van der Waals surface area contributed by atoms with Crippen LogP contribution in [0.2, 0.25) is 0 Å². The van der Waals surface area contributed by atoms with E-state index in [-0.39, 0.29) is 10.5 Å². The second-order valence-corrected chi connectivity index (χ2v) is 11.3. The fraction of sp³-hybridized carbons (Fsp3) is 0.154. The molecule has 1 aliphatic rings. The summed E-state index contributed by atoms with van der Waals surface area (Å²) >= 11 is 1.55. The Labute approximate surface area is 206 Å². The molecule has 3 aromatic heterocycles. The molecule has 0 amide bonds. The van der Waals surface area contributed by atoms with E-state index in [0.717, 1.165) is 28.1 Å². The molecular formula is C26H22N4O3S2. The summed E-state index contributed by atoms with van der Waals surface area (Å²) in [5, 5.41) is 2.85. The fourth-order valence-electron chi connectivity index (χ4n) is 4.64. The number of nitrogens with one attached hydrogen (secondary N) is 1. The molecule has 7 nitrogen and oxygen atoms in total. The number of nitrogens with zero attached hydrogens (tertiary/aromatic N) is 3. The van der Waals surface area contributed by atoms with Crippen molar-refractivity contribution in [2.75, 3.05) is 6.54 Å². The van der Waals surface area contributed by atoms with Crippen LogP contribution in [0.4, 0.5) is 0 Å². The number of hydrogen-bond donors (Lipinski definition) is 1. The van der Waals surface area contributed by atoms with Crippen molar-refractivity contribution in [1.29, 1.82) is 0 Å². The first-order valence-corrected chi connectivity index (χ1v) is 13.6. The molecule has 0 saturated carbocycles. The first-order chi connectivity index (χ1) is 17.0. The molecule has 6 rings (SSSR count). The molecule has 0 saturated heterocycles. The Morgan fingerprint density at radius 1 is 1.00 bits per heavy atom. The minimum absolute atomic E-state index is 0.114. The second kappa shape index (κ2) is 8.60. The van der Waals surface area contributed by atoms with Gasteiger partial charge in [-0.3, -0.25) is 9.69 Å². The van der Waals surface area contributed by atoms with Crippen molar-refractivity contribution in [2.24, 2.45) is 0 Å². The van der Waals surface area contributed by atoms with E-state index in [0.29, 0.717) is 36.4 Å². The molecule has 0 atom stereocenters. The van der Waals surface area contributed by atoms with Crippen molar-refractivity contribution in [3.8, 4) is 10.7 Å². The van der Waals surface area contributed by atoms with Gasteiger partial charge in [-0.1, -0.05) is 42.5 Å². The van der Waals surface area contributed by atoms with Crippen LogP contribution in [0.3, 0.4) is 0 Å². The highest BCUT2D eigenvalue weighted by molar-refractivity contribution is 7.90. The predicted molar refractivity (Wildman–Crippen MR) is 137 cm³/mol. The molecule has 0 bridgehead atoms. The number of aromatic amines is 1. The van der Waals surface area contributed by atoms with E-state index in [9.17, 15) is 13.2 Å². The van der Waals surface area contributed by atoms with Crippen LogP contribution in [-0.4, -0.2) is 33.8 Å². The summed E-state index contributed by atoms with van der Waals surface area (Å²) in [4.78, 5) is 23.9. The van der Waals surface area contributed by atoms with E-state index >= 15 is 0 Å². The molecule has 0 aliphatic carbocycles. The van der Waals surface area contributed by atoms with Crippen LogP contribution in [0.25, 0.3) is 21.6 Å². The first-order valence-electron chi connectivity index (χ1n) is 11.3. The van der Waals surface area contributed by atoms with Gasteiger partial charge < -0.3 is 4.98 Å². The van der Waals surface area contributed by atoms with Gasteiger partial charge in [0.05, 0.1) is 26.5 Å². The minimum Gasteiger partial charge on any atom is -0.306 e. The number of para-hydroxylation sites is 1. The highest BCUT2D eigenvalue weighted by Crippen LogP contribution is 2.28. The largest absolute Gasteiger partial charge is 0.306 e. The first kappa shape index (κ1) is 22.0. The molecule has 4 heterocycles. The molecular weight excluding hydrogens is 480 g/mol. The Morgan fingerprint density at radius 2 is 1.80 bits per heavy atom. The number of thiophene rings is 1. The maximum absolute atomic E-state index is 13.4. The standard InChI is InChI=1S/C26H22N4O3S2/c31-26-21-17-29(13-12-22(21)27-25(28-26)24-11-6-14-34-24)15-18-16-30(23-10-5-4-9-20(18)23)35(32,33)19-7-2-1-3-8-19/h1-11,14,16H,12-13,15,17H2,(H,27,28,31). The molecule has 9 heteroatoms. The van der Waals surface area contributed by atoms with Gasteiger partial charge in [-0.2, -0.15) is 0 Å². The zero-order chi connectivity index (χ0) is 24.0. The molecule has 0 radical (unpaired) electrons. The van der Waals surface area contributed by atoms with Gasteiger partial charge in [0.15, 0.2) is 5.82 Å². The lowest BCUT2D eigenvalue weighted by molar-refractivity contribution is 0.242. The zero-order valence-electron chi connectivity index (χ0n) is 18.7. The number of H-pyrrole nitrogens is 1. The lowest BCUT2D eigenvalue weighted by Gasteiger charge is -2.27. The number of fused-ring (bicyclic) bond motifs is 2. The maximum atomic E-state index is 13.4. The van der Waals surface area contributed by atoms with Crippen LogP contribution in [0.15, 0.2) is 88.0 Å². The average Bonchev–Trinajstić information content (AvgIpc) is 3.54. The summed E-state index contributed by atoms with van der Waals surface area (Å²) in [7, 11) is -3.73. The molecule has 0 spiro atoms. The summed E-state index contributed by atoms with van der Waals surface area (Å²) in [5.41, 5.74) is 2.95. The smallest absolute Gasteiger partial charge is 0.268 e. The Bertz CT molecular complexity index is 1690. The van der Waals surface area contributed by atoms with Crippen molar-refractivity contribution < 1.29 is 8.42 Å². The van der Waals surface area contributed by atoms with E-state index in [1.54, 1.807) is 47.9 Å². The van der Waals surface area contributed by atoms with E-state index < -0.39 is 10.0 Å². The summed E-state index contributed by atoms with van der Waals surface area (Å²) in [6.07, 6.45) is 2.38.